The summed E-state index contributed by atoms with van der Waals surface area (Å²) in [5.41, 5.74) is 7.98. The Hall–Kier alpha value is -2.53. The lowest BCUT2D eigenvalue weighted by Crippen LogP contribution is -2.18. The summed E-state index contributed by atoms with van der Waals surface area (Å²) < 4.78 is 5.77. The number of aryl methyl sites for hydroxylation is 1. The minimum absolute atomic E-state index is 0.239. The Kier molecular flexibility index (Phi) is 4.08. The van der Waals surface area contributed by atoms with Gasteiger partial charge in [-0.15, -0.1) is 0 Å². The average Bonchev–Trinajstić information content (AvgIpc) is 2.33. The molecule has 0 aliphatic heterocycles. The second-order valence-electron chi connectivity index (χ2n) is 3.09. The van der Waals surface area contributed by atoms with Gasteiger partial charge in [-0.3, -0.25) is 4.79 Å². The van der Waals surface area contributed by atoms with E-state index in [4.69, 9.17) is 5.53 Å². The van der Waals surface area contributed by atoms with Gasteiger partial charge in [-0.2, -0.15) is 0 Å². The van der Waals surface area contributed by atoms with Crippen molar-refractivity contribution < 1.29 is 9.53 Å². The first-order valence-electron chi connectivity index (χ1n) is 4.61. The Labute approximate surface area is 96.6 Å². The van der Waals surface area contributed by atoms with Gasteiger partial charge in [0.05, 0.1) is 7.11 Å². The van der Waals surface area contributed by atoms with Crippen LogP contribution in [-0.2, 0) is 16.6 Å². The predicted octanol–water partition coefficient (Wildman–Crippen LogP) is 1.21. The van der Waals surface area contributed by atoms with Crippen molar-refractivity contribution in [3.8, 4) is 0 Å². The van der Waals surface area contributed by atoms with Crippen molar-refractivity contribution >= 4 is 12.0 Å². The maximum Gasteiger partial charge on any atom is 0.340 e. The molecule has 7 nitrogen and oxygen atoms in total. The highest BCUT2D eigenvalue weighted by Gasteiger charge is 2.08. The van der Waals surface area contributed by atoms with Gasteiger partial charge in [0.1, 0.15) is 5.70 Å². The van der Waals surface area contributed by atoms with Crippen LogP contribution in [0.3, 0.4) is 0 Å². The zero-order valence-corrected chi connectivity index (χ0v) is 9.32. The summed E-state index contributed by atoms with van der Waals surface area (Å²) in [6.45, 7) is 0. The fourth-order valence-corrected chi connectivity index (χ4v) is 1.16. The average molecular weight is 234 g/mol. The van der Waals surface area contributed by atoms with Gasteiger partial charge in [-0.05, 0) is 23.7 Å². The van der Waals surface area contributed by atoms with E-state index >= 15 is 0 Å². The molecule has 0 N–H and O–H groups in total. The van der Waals surface area contributed by atoms with Crippen molar-refractivity contribution in [3.05, 3.63) is 50.4 Å². The summed E-state index contributed by atoms with van der Waals surface area (Å²) in [4.78, 5) is 25.4. The van der Waals surface area contributed by atoms with Crippen LogP contribution >= 0.6 is 0 Å². The molecule has 0 saturated heterocycles. The van der Waals surface area contributed by atoms with Gasteiger partial charge < -0.3 is 9.30 Å². The molecular formula is C10H10N4O3. The molecule has 1 aromatic rings. The van der Waals surface area contributed by atoms with Crippen LogP contribution < -0.4 is 5.56 Å². The summed E-state index contributed by atoms with van der Waals surface area (Å²) in [7, 11) is 2.73. The Morgan fingerprint density at radius 2 is 2.35 bits per heavy atom. The molecule has 0 fully saturated rings. The van der Waals surface area contributed by atoms with E-state index in [9.17, 15) is 9.59 Å². The molecule has 1 rings (SSSR count). The van der Waals surface area contributed by atoms with Crippen molar-refractivity contribution in [2.45, 2.75) is 0 Å². The normalized spacial score (nSPS) is 10.6. The number of methoxy groups -OCH3 is 1. The zero-order chi connectivity index (χ0) is 12.8. The number of carbonyl (C=O) groups excluding carboxylic acids is 1. The summed E-state index contributed by atoms with van der Waals surface area (Å²) >= 11 is 0. The van der Waals surface area contributed by atoms with Crippen LogP contribution in [0.2, 0.25) is 0 Å². The van der Waals surface area contributed by atoms with Crippen LogP contribution in [0.15, 0.2) is 33.9 Å². The Balaban J connectivity index is 3.32. The molecule has 7 heteroatoms. The maximum absolute atomic E-state index is 11.7. The highest BCUT2D eigenvalue weighted by atomic mass is 16.5. The second-order valence-corrected chi connectivity index (χ2v) is 3.09. The number of azide groups is 1. The smallest absolute Gasteiger partial charge is 0.340 e. The zero-order valence-electron chi connectivity index (χ0n) is 9.32. The van der Waals surface area contributed by atoms with Crippen LogP contribution in [0.5, 0.6) is 0 Å². The second kappa shape index (κ2) is 5.53. The molecule has 0 aromatic carbocycles. The molecule has 0 bridgehead atoms. The Bertz CT molecular complexity index is 567. The summed E-state index contributed by atoms with van der Waals surface area (Å²) in [5, 5.41) is 3.18. The molecule has 17 heavy (non-hydrogen) atoms. The lowest BCUT2D eigenvalue weighted by atomic mass is 10.2. The van der Waals surface area contributed by atoms with Crippen LogP contribution in [0.4, 0.5) is 0 Å². The third kappa shape index (κ3) is 2.96. The molecule has 0 atom stereocenters. The van der Waals surface area contributed by atoms with Crippen molar-refractivity contribution in [1.29, 1.82) is 0 Å². The molecule has 1 heterocycles. The monoisotopic (exact) mass is 234 g/mol. The van der Waals surface area contributed by atoms with Crippen molar-refractivity contribution in [1.82, 2.24) is 4.57 Å². The lowest BCUT2D eigenvalue weighted by Gasteiger charge is -2.00. The maximum atomic E-state index is 11.7. The van der Waals surface area contributed by atoms with Gasteiger partial charge in [-0.1, -0.05) is 5.11 Å². The summed E-state index contributed by atoms with van der Waals surface area (Å²) in [5.74, 6) is -0.797. The number of ether oxygens (including phenoxy) is 1. The number of nitrogens with zero attached hydrogens (tertiary/aromatic N) is 4. The van der Waals surface area contributed by atoms with E-state index in [1.165, 1.54) is 16.7 Å². The number of hydrogen-bond donors (Lipinski definition) is 0. The summed E-state index contributed by atoms with van der Waals surface area (Å²) in [6.07, 6.45) is 2.76. The number of pyridine rings is 1. The van der Waals surface area contributed by atoms with Crippen LogP contribution in [0.1, 0.15) is 5.56 Å². The first kappa shape index (κ1) is 12.5. The SMILES string of the molecule is COC(=O)C(=Cc1cccn(C)c1=O)N=[N+]=[N-]. The largest absolute Gasteiger partial charge is 0.466 e. The van der Waals surface area contributed by atoms with E-state index in [0.717, 1.165) is 7.11 Å². The van der Waals surface area contributed by atoms with Crippen molar-refractivity contribution in [2.75, 3.05) is 7.11 Å². The topological polar surface area (TPSA) is 97.1 Å². The number of rotatable bonds is 3. The molecule has 0 aliphatic rings. The molecule has 0 radical (unpaired) electrons. The minimum Gasteiger partial charge on any atom is -0.466 e. The number of aromatic nitrogens is 1. The quantitative estimate of drug-likeness (QED) is 0.258. The minimum atomic E-state index is -0.797. The van der Waals surface area contributed by atoms with Gasteiger partial charge in [0.2, 0.25) is 0 Å². The molecule has 88 valence electrons. The highest BCUT2D eigenvalue weighted by Crippen LogP contribution is 2.06. The van der Waals surface area contributed by atoms with E-state index in [-0.39, 0.29) is 16.8 Å². The highest BCUT2D eigenvalue weighted by molar-refractivity contribution is 5.93. The van der Waals surface area contributed by atoms with Gasteiger partial charge in [-0.25, -0.2) is 4.79 Å². The van der Waals surface area contributed by atoms with Crippen molar-refractivity contribution in [3.63, 3.8) is 0 Å². The van der Waals surface area contributed by atoms with Crippen LogP contribution in [-0.4, -0.2) is 17.6 Å². The van der Waals surface area contributed by atoms with E-state index in [1.54, 1.807) is 19.3 Å². The fourth-order valence-electron chi connectivity index (χ4n) is 1.16. The molecule has 0 unspecified atom stereocenters. The third-order valence-corrected chi connectivity index (χ3v) is 1.99. The molecular weight excluding hydrogens is 224 g/mol. The molecule has 0 spiro atoms. The number of esters is 1. The van der Waals surface area contributed by atoms with Gasteiger partial charge in [0, 0.05) is 23.7 Å². The number of carbonyl (C=O) groups is 1. The van der Waals surface area contributed by atoms with E-state index in [0.29, 0.717) is 0 Å². The Morgan fingerprint density at radius 1 is 1.65 bits per heavy atom. The van der Waals surface area contributed by atoms with E-state index in [1.807, 2.05) is 0 Å². The first-order valence-corrected chi connectivity index (χ1v) is 4.61. The molecule has 1 aromatic heterocycles. The Morgan fingerprint density at radius 3 is 2.94 bits per heavy atom. The first-order chi connectivity index (χ1) is 8.10. The predicted molar refractivity (Wildman–Crippen MR) is 60.8 cm³/mol. The van der Waals surface area contributed by atoms with Gasteiger partial charge >= 0.3 is 5.97 Å². The van der Waals surface area contributed by atoms with Crippen LogP contribution in [0.25, 0.3) is 16.5 Å². The standard InChI is InChI=1S/C10H10N4O3/c1-14-5-3-4-7(9(14)15)6-8(12-13-11)10(16)17-2/h3-6H,1-2H3. The fraction of sp³-hybridized carbons (Fsp3) is 0.200. The van der Waals surface area contributed by atoms with Crippen LogP contribution in [0, 0.1) is 0 Å². The molecule has 0 amide bonds. The van der Waals surface area contributed by atoms with Gasteiger partial charge in [0.25, 0.3) is 5.56 Å². The summed E-state index contributed by atoms with van der Waals surface area (Å²) in [6, 6.07) is 3.15. The number of hydrogen-bond acceptors (Lipinski definition) is 4. The lowest BCUT2D eigenvalue weighted by molar-refractivity contribution is -0.136. The van der Waals surface area contributed by atoms with Gasteiger partial charge in [0.15, 0.2) is 0 Å². The van der Waals surface area contributed by atoms with Crippen molar-refractivity contribution in [2.24, 2.45) is 12.2 Å². The third-order valence-electron chi connectivity index (χ3n) is 1.99. The molecule has 0 saturated carbocycles. The molecule has 0 aliphatic carbocycles. The van der Waals surface area contributed by atoms with E-state index < -0.39 is 5.97 Å². The van der Waals surface area contributed by atoms with E-state index in [2.05, 4.69) is 14.8 Å².